The van der Waals surface area contributed by atoms with Gasteiger partial charge in [-0.25, -0.2) is 0 Å². The molecule has 13 heavy (non-hydrogen) atoms. The van der Waals surface area contributed by atoms with Crippen LogP contribution in [0.2, 0.25) is 0 Å². The van der Waals surface area contributed by atoms with E-state index in [1.807, 2.05) is 31.2 Å². The zero-order valence-corrected chi connectivity index (χ0v) is 8.80. The molecule has 0 atom stereocenters. The van der Waals surface area contributed by atoms with E-state index in [2.05, 4.69) is 15.7 Å². The average Bonchev–Trinajstić information content (AvgIpc) is 2.57. The molecule has 70 valence electrons. The maximum absolute atomic E-state index is 8.87. The standard InChI is InChI=1S/C8H12N4S/c1-8(2,6-9)12(3)4-7-5-13-11-10-7/h5H,4H2,1-3H3. The summed E-state index contributed by atoms with van der Waals surface area (Å²) in [5.74, 6) is 0. The van der Waals surface area contributed by atoms with Crippen LogP contribution in [0.4, 0.5) is 0 Å². The first-order valence-corrected chi connectivity index (χ1v) is 4.78. The molecule has 4 nitrogen and oxygen atoms in total. The quantitative estimate of drug-likeness (QED) is 0.730. The number of hydrogen-bond donors (Lipinski definition) is 0. The molecule has 5 heteroatoms. The molecule has 1 heterocycles. The second kappa shape index (κ2) is 3.81. The molecule has 0 unspecified atom stereocenters. The average molecular weight is 196 g/mol. The van der Waals surface area contributed by atoms with E-state index in [9.17, 15) is 0 Å². The number of hydrogen-bond acceptors (Lipinski definition) is 5. The second-order valence-electron chi connectivity index (χ2n) is 3.42. The summed E-state index contributed by atoms with van der Waals surface area (Å²) in [6.07, 6.45) is 0. The summed E-state index contributed by atoms with van der Waals surface area (Å²) < 4.78 is 3.77. The SMILES string of the molecule is CN(Cc1csnn1)C(C)(C)C#N. The van der Waals surface area contributed by atoms with Crippen molar-refractivity contribution >= 4 is 11.5 Å². The van der Waals surface area contributed by atoms with Gasteiger partial charge >= 0.3 is 0 Å². The lowest BCUT2D eigenvalue weighted by molar-refractivity contribution is 0.200. The Morgan fingerprint density at radius 3 is 2.85 bits per heavy atom. The zero-order chi connectivity index (χ0) is 9.90. The number of rotatable bonds is 3. The molecule has 0 radical (unpaired) electrons. The Morgan fingerprint density at radius 1 is 1.69 bits per heavy atom. The maximum atomic E-state index is 8.87. The van der Waals surface area contributed by atoms with Gasteiger partial charge in [-0.3, -0.25) is 4.90 Å². The van der Waals surface area contributed by atoms with Crippen LogP contribution in [-0.4, -0.2) is 27.1 Å². The van der Waals surface area contributed by atoms with Crippen LogP contribution in [-0.2, 0) is 6.54 Å². The highest BCUT2D eigenvalue weighted by atomic mass is 32.1. The molecule has 0 N–H and O–H groups in total. The van der Waals surface area contributed by atoms with Gasteiger partial charge < -0.3 is 0 Å². The van der Waals surface area contributed by atoms with Gasteiger partial charge in [0.2, 0.25) is 0 Å². The van der Waals surface area contributed by atoms with E-state index >= 15 is 0 Å². The molecule has 0 aromatic carbocycles. The monoisotopic (exact) mass is 196 g/mol. The summed E-state index contributed by atoms with van der Waals surface area (Å²) in [4.78, 5) is 1.95. The van der Waals surface area contributed by atoms with Crippen molar-refractivity contribution < 1.29 is 0 Å². The fourth-order valence-electron chi connectivity index (χ4n) is 0.779. The molecule has 0 aliphatic carbocycles. The van der Waals surface area contributed by atoms with E-state index in [4.69, 9.17) is 5.26 Å². The van der Waals surface area contributed by atoms with Crippen molar-refractivity contribution in [2.75, 3.05) is 7.05 Å². The van der Waals surface area contributed by atoms with Crippen LogP contribution >= 0.6 is 11.5 Å². The molecular formula is C8H12N4S. The highest BCUT2D eigenvalue weighted by Crippen LogP contribution is 2.13. The molecule has 1 aromatic rings. The van der Waals surface area contributed by atoms with Gasteiger partial charge in [0.15, 0.2) is 0 Å². The van der Waals surface area contributed by atoms with Gasteiger partial charge in [0.05, 0.1) is 11.8 Å². The van der Waals surface area contributed by atoms with Crippen LogP contribution in [0.5, 0.6) is 0 Å². The number of aromatic nitrogens is 2. The first kappa shape index (κ1) is 10.1. The van der Waals surface area contributed by atoms with E-state index in [1.54, 1.807) is 0 Å². The van der Waals surface area contributed by atoms with Gasteiger partial charge in [0.25, 0.3) is 0 Å². The maximum Gasteiger partial charge on any atom is 0.103 e. The largest absolute Gasteiger partial charge is 0.283 e. The normalized spacial score (nSPS) is 11.6. The highest BCUT2D eigenvalue weighted by molar-refractivity contribution is 7.03. The van der Waals surface area contributed by atoms with Crippen molar-refractivity contribution in [2.24, 2.45) is 0 Å². The molecule has 0 aliphatic rings. The predicted octanol–water partition coefficient (Wildman–Crippen LogP) is 1.27. The van der Waals surface area contributed by atoms with Gasteiger partial charge in [0.1, 0.15) is 5.54 Å². The Balaban J connectivity index is 2.62. The van der Waals surface area contributed by atoms with Gasteiger partial charge in [-0.05, 0) is 32.4 Å². The Labute approximate surface area is 82.0 Å². The third kappa shape index (κ3) is 2.47. The molecule has 0 aliphatic heterocycles. The highest BCUT2D eigenvalue weighted by Gasteiger charge is 2.23. The van der Waals surface area contributed by atoms with Crippen LogP contribution < -0.4 is 0 Å². The van der Waals surface area contributed by atoms with E-state index < -0.39 is 5.54 Å². The number of nitrogens with zero attached hydrogens (tertiary/aromatic N) is 4. The molecule has 0 spiro atoms. The van der Waals surface area contributed by atoms with Crippen molar-refractivity contribution in [1.82, 2.24) is 14.5 Å². The smallest absolute Gasteiger partial charge is 0.103 e. The lowest BCUT2D eigenvalue weighted by Crippen LogP contribution is -2.39. The summed E-state index contributed by atoms with van der Waals surface area (Å²) >= 11 is 1.33. The van der Waals surface area contributed by atoms with Gasteiger partial charge in [-0.2, -0.15) is 5.26 Å². The fourth-order valence-corrected chi connectivity index (χ4v) is 1.22. The topological polar surface area (TPSA) is 52.8 Å². The van der Waals surface area contributed by atoms with Crippen LogP contribution in [0, 0.1) is 11.3 Å². The van der Waals surface area contributed by atoms with Crippen LogP contribution in [0.1, 0.15) is 19.5 Å². The Morgan fingerprint density at radius 2 is 2.38 bits per heavy atom. The van der Waals surface area contributed by atoms with E-state index in [1.165, 1.54) is 11.5 Å². The van der Waals surface area contributed by atoms with Crippen LogP contribution in [0.15, 0.2) is 5.38 Å². The molecule has 0 saturated heterocycles. The van der Waals surface area contributed by atoms with Crippen molar-refractivity contribution in [2.45, 2.75) is 25.9 Å². The predicted molar refractivity (Wildman–Crippen MR) is 51.1 cm³/mol. The molecule has 0 fully saturated rings. The molecule has 1 aromatic heterocycles. The van der Waals surface area contributed by atoms with Crippen molar-refractivity contribution in [3.05, 3.63) is 11.1 Å². The Bertz CT molecular complexity index is 298. The first-order valence-electron chi connectivity index (χ1n) is 3.94. The minimum Gasteiger partial charge on any atom is -0.283 e. The minimum absolute atomic E-state index is 0.455. The third-order valence-corrected chi connectivity index (χ3v) is 2.59. The first-order chi connectivity index (χ1) is 6.06. The Hall–Kier alpha value is -0.990. The van der Waals surface area contributed by atoms with E-state index in [0.29, 0.717) is 6.54 Å². The molecule has 0 amide bonds. The molecular weight excluding hydrogens is 184 g/mol. The zero-order valence-electron chi connectivity index (χ0n) is 7.98. The summed E-state index contributed by atoms with van der Waals surface area (Å²) in [5, 5.41) is 14.7. The summed E-state index contributed by atoms with van der Waals surface area (Å²) in [5.41, 5.74) is 0.458. The van der Waals surface area contributed by atoms with Crippen molar-refractivity contribution in [3.8, 4) is 6.07 Å². The van der Waals surface area contributed by atoms with Crippen LogP contribution in [0.3, 0.4) is 0 Å². The second-order valence-corrected chi connectivity index (χ2v) is 4.03. The third-order valence-electron chi connectivity index (χ3n) is 2.03. The molecule has 1 rings (SSSR count). The fraction of sp³-hybridized carbons (Fsp3) is 0.625. The van der Waals surface area contributed by atoms with Crippen molar-refractivity contribution in [3.63, 3.8) is 0 Å². The van der Waals surface area contributed by atoms with Gasteiger partial charge in [0, 0.05) is 11.9 Å². The minimum atomic E-state index is -0.455. The van der Waals surface area contributed by atoms with E-state index in [-0.39, 0.29) is 0 Å². The van der Waals surface area contributed by atoms with Gasteiger partial charge in [-0.15, -0.1) is 5.10 Å². The summed E-state index contributed by atoms with van der Waals surface area (Å²) in [6, 6.07) is 2.23. The van der Waals surface area contributed by atoms with Crippen molar-refractivity contribution in [1.29, 1.82) is 5.26 Å². The van der Waals surface area contributed by atoms with Gasteiger partial charge in [-0.1, -0.05) is 4.49 Å². The van der Waals surface area contributed by atoms with Crippen LogP contribution in [0.25, 0.3) is 0 Å². The molecule has 0 bridgehead atoms. The summed E-state index contributed by atoms with van der Waals surface area (Å²) in [7, 11) is 1.91. The van der Waals surface area contributed by atoms with E-state index in [0.717, 1.165) is 5.69 Å². The summed E-state index contributed by atoms with van der Waals surface area (Å²) in [6.45, 7) is 4.43. The Kier molecular flexibility index (Phi) is 2.96. The molecule has 0 saturated carbocycles. The lowest BCUT2D eigenvalue weighted by Gasteiger charge is -2.27. The number of nitriles is 1. The lowest BCUT2D eigenvalue weighted by atomic mass is 10.1.